The predicted octanol–water partition coefficient (Wildman–Crippen LogP) is 5.28. The van der Waals surface area contributed by atoms with Gasteiger partial charge in [-0.15, -0.1) is 0 Å². The largest absolute Gasteiger partial charge is 0.493 e. The maximum Gasteiger partial charge on any atom is 0.251 e. The van der Waals surface area contributed by atoms with Crippen LogP contribution in [0.1, 0.15) is 39.4 Å². The number of ether oxygens (including phenoxy) is 2. The number of halogens is 1. The lowest BCUT2D eigenvalue weighted by Gasteiger charge is -2.17. The van der Waals surface area contributed by atoms with E-state index in [2.05, 4.69) is 46.6 Å². The van der Waals surface area contributed by atoms with E-state index in [0.29, 0.717) is 23.0 Å². The Morgan fingerprint density at radius 3 is 2.36 bits per heavy atom. The van der Waals surface area contributed by atoms with Gasteiger partial charge in [0.2, 0.25) is 0 Å². The van der Waals surface area contributed by atoms with E-state index in [1.165, 1.54) is 11.1 Å². The standard InChI is InChI=1S/C27H29ClN2O3/c1-32-25-12-5-20(15-26(25)33-2)17-30-14-13-23(18-30)21-6-3-19(4-7-21)16-29-27(31)22-8-10-24(28)11-9-22/h3-12,15,23H,13-14,16-18H2,1-2H3,(H,29,31). The van der Waals surface area contributed by atoms with E-state index in [4.69, 9.17) is 21.1 Å². The summed E-state index contributed by atoms with van der Waals surface area (Å²) < 4.78 is 10.8. The highest BCUT2D eigenvalue weighted by Gasteiger charge is 2.24. The van der Waals surface area contributed by atoms with Crippen molar-refractivity contribution in [3.05, 3.63) is 94.0 Å². The molecule has 6 heteroatoms. The molecule has 0 saturated carbocycles. The zero-order valence-corrected chi connectivity index (χ0v) is 19.8. The van der Waals surface area contributed by atoms with Crippen molar-refractivity contribution in [1.29, 1.82) is 0 Å². The minimum Gasteiger partial charge on any atom is -0.493 e. The van der Waals surface area contributed by atoms with E-state index in [1.807, 2.05) is 6.07 Å². The van der Waals surface area contributed by atoms with Gasteiger partial charge in [-0.05, 0) is 72.0 Å². The highest BCUT2D eigenvalue weighted by Crippen LogP contribution is 2.31. The summed E-state index contributed by atoms with van der Waals surface area (Å²) in [7, 11) is 3.32. The van der Waals surface area contributed by atoms with Crippen molar-refractivity contribution in [1.82, 2.24) is 10.2 Å². The summed E-state index contributed by atoms with van der Waals surface area (Å²) >= 11 is 5.89. The Kier molecular flexibility index (Phi) is 7.53. The normalized spacial score (nSPS) is 15.9. The van der Waals surface area contributed by atoms with E-state index in [1.54, 1.807) is 38.5 Å². The van der Waals surface area contributed by atoms with Crippen molar-refractivity contribution in [3.8, 4) is 11.5 Å². The molecule has 3 aromatic rings. The summed E-state index contributed by atoms with van der Waals surface area (Å²) in [4.78, 5) is 14.8. The summed E-state index contributed by atoms with van der Waals surface area (Å²) in [6.45, 7) is 3.49. The molecule has 1 atom stereocenters. The molecular formula is C27H29ClN2O3. The Morgan fingerprint density at radius 2 is 1.67 bits per heavy atom. The third-order valence-electron chi connectivity index (χ3n) is 6.14. The second-order valence-corrected chi connectivity index (χ2v) is 8.78. The van der Waals surface area contributed by atoms with Gasteiger partial charge in [0.15, 0.2) is 11.5 Å². The lowest BCUT2D eigenvalue weighted by molar-refractivity contribution is 0.0951. The number of rotatable bonds is 8. The van der Waals surface area contributed by atoms with Crippen LogP contribution in [0.3, 0.4) is 0 Å². The Labute approximate surface area is 200 Å². The van der Waals surface area contributed by atoms with Gasteiger partial charge in [-0.3, -0.25) is 9.69 Å². The number of carbonyl (C=O) groups is 1. The highest BCUT2D eigenvalue weighted by atomic mass is 35.5. The first-order valence-corrected chi connectivity index (χ1v) is 11.5. The van der Waals surface area contributed by atoms with Crippen molar-refractivity contribution in [2.24, 2.45) is 0 Å². The Balaban J connectivity index is 1.29. The number of amides is 1. The number of methoxy groups -OCH3 is 2. The molecule has 0 aromatic heterocycles. The topological polar surface area (TPSA) is 50.8 Å². The maximum atomic E-state index is 12.3. The molecule has 4 rings (SSSR count). The van der Waals surface area contributed by atoms with Crippen LogP contribution in [-0.4, -0.2) is 38.1 Å². The number of nitrogens with zero attached hydrogens (tertiary/aromatic N) is 1. The van der Waals surface area contributed by atoms with Gasteiger partial charge in [-0.2, -0.15) is 0 Å². The molecule has 5 nitrogen and oxygen atoms in total. The number of likely N-dealkylation sites (tertiary alicyclic amines) is 1. The van der Waals surface area contributed by atoms with Crippen molar-refractivity contribution in [3.63, 3.8) is 0 Å². The molecule has 1 unspecified atom stereocenters. The second kappa shape index (κ2) is 10.7. The third kappa shape index (κ3) is 5.86. The summed E-state index contributed by atoms with van der Waals surface area (Å²) in [6.07, 6.45) is 1.14. The van der Waals surface area contributed by atoms with Crippen LogP contribution in [-0.2, 0) is 13.1 Å². The molecule has 1 N–H and O–H groups in total. The molecule has 1 amide bonds. The molecule has 1 heterocycles. The Morgan fingerprint density at radius 1 is 0.970 bits per heavy atom. The van der Waals surface area contributed by atoms with Gasteiger partial charge >= 0.3 is 0 Å². The Bertz CT molecular complexity index is 1080. The number of benzene rings is 3. The Hall–Kier alpha value is -3.02. The van der Waals surface area contributed by atoms with Crippen LogP contribution >= 0.6 is 11.6 Å². The van der Waals surface area contributed by atoms with Crippen LogP contribution in [0.2, 0.25) is 5.02 Å². The first-order valence-electron chi connectivity index (χ1n) is 11.1. The number of carbonyl (C=O) groups excluding carboxylic acids is 1. The van der Waals surface area contributed by atoms with E-state index < -0.39 is 0 Å². The molecule has 0 aliphatic carbocycles. The summed E-state index contributed by atoms with van der Waals surface area (Å²) in [6, 6.07) is 21.6. The molecule has 1 aliphatic heterocycles. The minimum absolute atomic E-state index is 0.0997. The van der Waals surface area contributed by atoms with Crippen LogP contribution in [0.15, 0.2) is 66.7 Å². The van der Waals surface area contributed by atoms with Crippen LogP contribution in [0.4, 0.5) is 0 Å². The molecule has 1 saturated heterocycles. The highest BCUT2D eigenvalue weighted by molar-refractivity contribution is 6.30. The maximum absolute atomic E-state index is 12.3. The molecule has 0 bridgehead atoms. The summed E-state index contributed by atoms with van der Waals surface area (Å²) in [5, 5.41) is 3.59. The van der Waals surface area contributed by atoms with E-state index in [-0.39, 0.29) is 5.91 Å². The lowest BCUT2D eigenvalue weighted by Crippen LogP contribution is -2.22. The molecule has 0 radical (unpaired) electrons. The average molecular weight is 465 g/mol. The fourth-order valence-corrected chi connectivity index (χ4v) is 4.40. The quantitative estimate of drug-likeness (QED) is 0.493. The fourth-order valence-electron chi connectivity index (χ4n) is 4.28. The summed E-state index contributed by atoms with van der Waals surface area (Å²) in [5.74, 6) is 1.94. The summed E-state index contributed by atoms with van der Waals surface area (Å²) in [5.41, 5.74) is 4.26. The molecule has 33 heavy (non-hydrogen) atoms. The monoisotopic (exact) mass is 464 g/mol. The molecule has 1 aliphatic rings. The van der Waals surface area contributed by atoms with Crippen molar-refractivity contribution in [2.45, 2.75) is 25.4 Å². The minimum atomic E-state index is -0.0997. The van der Waals surface area contributed by atoms with Gasteiger partial charge in [0, 0.05) is 30.2 Å². The predicted molar refractivity (Wildman–Crippen MR) is 131 cm³/mol. The van der Waals surface area contributed by atoms with E-state index in [9.17, 15) is 4.79 Å². The molecule has 0 spiro atoms. The van der Waals surface area contributed by atoms with Crippen molar-refractivity contribution in [2.75, 3.05) is 27.3 Å². The third-order valence-corrected chi connectivity index (χ3v) is 6.39. The first-order chi connectivity index (χ1) is 16.1. The number of nitrogens with one attached hydrogen (secondary N) is 1. The van der Waals surface area contributed by atoms with Gasteiger partial charge in [0.25, 0.3) is 5.91 Å². The SMILES string of the molecule is COc1ccc(CN2CCC(c3ccc(CNC(=O)c4ccc(Cl)cc4)cc3)C2)cc1OC. The van der Waals surface area contributed by atoms with Gasteiger partial charge < -0.3 is 14.8 Å². The van der Waals surface area contributed by atoms with Gasteiger partial charge in [0.05, 0.1) is 14.2 Å². The van der Waals surface area contributed by atoms with Crippen LogP contribution in [0.5, 0.6) is 11.5 Å². The van der Waals surface area contributed by atoms with Crippen LogP contribution < -0.4 is 14.8 Å². The van der Waals surface area contributed by atoms with Gasteiger partial charge in [-0.25, -0.2) is 0 Å². The van der Waals surface area contributed by atoms with Gasteiger partial charge in [-0.1, -0.05) is 41.9 Å². The number of hydrogen-bond acceptors (Lipinski definition) is 4. The molecule has 3 aromatic carbocycles. The zero-order chi connectivity index (χ0) is 23.2. The van der Waals surface area contributed by atoms with E-state index >= 15 is 0 Å². The van der Waals surface area contributed by atoms with E-state index in [0.717, 1.165) is 43.1 Å². The second-order valence-electron chi connectivity index (χ2n) is 8.34. The molecule has 1 fully saturated rings. The van der Waals surface area contributed by atoms with Crippen LogP contribution in [0, 0.1) is 0 Å². The lowest BCUT2D eigenvalue weighted by atomic mass is 9.97. The smallest absolute Gasteiger partial charge is 0.251 e. The van der Waals surface area contributed by atoms with Gasteiger partial charge in [0.1, 0.15) is 0 Å². The van der Waals surface area contributed by atoms with Crippen molar-refractivity contribution >= 4 is 17.5 Å². The first kappa shape index (κ1) is 23.1. The molecule has 172 valence electrons. The fraction of sp³-hybridized carbons (Fsp3) is 0.296. The van der Waals surface area contributed by atoms with Crippen LogP contribution in [0.25, 0.3) is 0 Å². The molecular weight excluding hydrogens is 436 g/mol. The number of hydrogen-bond donors (Lipinski definition) is 1. The average Bonchev–Trinajstić information content (AvgIpc) is 3.31. The van der Waals surface area contributed by atoms with Crippen molar-refractivity contribution < 1.29 is 14.3 Å². The zero-order valence-electron chi connectivity index (χ0n) is 19.0.